The van der Waals surface area contributed by atoms with E-state index in [1.165, 1.54) is 12.8 Å². The Morgan fingerprint density at radius 2 is 2.10 bits per heavy atom. The smallest absolute Gasteiger partial charge is 0.147 e. The molecule has 0 radical (unpaired) electrons. The summed E-state index contributed by atoms with van der Waals surface area (Å²) in [5.41, 5.74) is 2.06. The highest BCUT2D eigenvalue weighted by atomic mass is 35.5. The Kier molecular flexibility index (Phi) is 5.92. The number of aromatic nitrogens is 2. The Morgan fingerprint density at radius 1 is 1.29 bits per heavy atom. The van der Waals surface area contributed by atoms with Gasteiger partial charge in [-0.25, -0.2) is 4.98 Å². The van der Waals surface area contributed by atoms with Gasteiger partial charge in [0.05, 0.1) is 18.0 Å². The van der Waals surface area contributed by atoms with Crippen LogP contribution in [0.2, 0.25) is 0 Å². The number of para-hydroxylation sites is 1. The van der Waals surface area contributed by atoms with Gasteiger partial charge in [0.25, 0.3) is 0 Å². The predicted molar refractivity (Wildman–Crippen MR) is 89.3 cm³/mol. The molecule has 0 spiro atoms. The van der Waals surface area contributed by atoms with E-state index in [4.69, 9.17) is 21.3 Å². The molecule has 116 valence electrons. The van der Waals surface area contributed by atoms with Gasteiger partial charge in [-0.15, -0.1) is 11.6 Å². The van der Waals surface area contributed by atoms with E-state index in [-0.39, 0.29) is 0 Å². The highest BCUT2D eigenvalue weighted by Gasteiger charge is 2.17. The number of nitrogens with zero attached hydrogens (tertiary/aromatic N) is 2. The third kappa shape index (κ3) is 3.52. The molecule has 0 saturated carbocycles. The third-order valence-corrected chi connectivity index (χ3v) is 3.99. The summed E-state index contributed by atoms with van der Waals surface area (Å²) in [6.45, 7) is 7.29. The molecule has 0 bridgehead atoms. The van der Waals surface area contributed by atoms with Crippen molar-refractivity contribution in [3.8, 4) is 5.75 Å². The first-order valence-electron chi connectivity index (χ1n) is 7.91. The fourth-order valence-electron chi connectivity index (χ4n) is 2.68. The van der Waals surface area contributed by atoms with E-state index < -0.39 is 0 Å². The maximum atomic E-state index is 6.11. The molecule has 0 aliphatic heterocycles. The molecule has 0 aliphatic carbocycles. The molecule has 0 amide bonds. The standard InChI is InChI=1S/C17H25ClN2O/c1-4-6-8-13(3)20-14-9-7-10-15(21-11-5-2)17(14)19-16(20)12-18/h7,9-10,13H,4-6,8,11-12H2,1-3H3. The second-order valence-electron chi connectivity index (χ2n) is 5.50. The molecule has 2 rings (SSSR count). The Labute approximate surface area is 132 Å². The van der Waals surface area contributed by atoms with Crippen molar-refractivity contribution in [3.63, 3.8) is 0 Å². The topological polar surface area (TPSA) is 27.1 Å². The minimum absolute atomic E-state index is 0.408. The first-order valence-corrected chi connectivity index (χ1v) is 8.44. The normalized spacial score (nSPS) is 12.8. The lowest BCUT2D eigenvalue weighted by Gasteiger charge is -2.16. The third-order valence-electron chi connectivity index (χ3n) is 3.75. The van der Waals surface area contributed by atoms with Crippen LogP contribution in [-0.2, 0) is 5.88 Å². The molecule has 1 atom stereocenters. The van der Waals surface area contributed by atoms with Crippen molar-refractivity contribution in [2.45, 2.75) is 58.4 Å². The van der Waals surface area contributed by atoms with E-state index in [0.717, 1.165) is 35.4 Å². The molecule has 1 heterocycles. The van der Waals surface area contributed by atoms with Crippen LogP contribution in [0.1, 0.15) is 58.3 Å². The average molecular weight is 309 g/mol. The second-order valence-corrected chi connectivity index (χ2v) is 5.76. The molecule has 21 heavy (non-hydrogen) atoms. The van der Waals surface area contributed by atoms with E-state index in [1.807, 2.05) is 12.1 Å². The van der Waals surface area contributed by atoms with Gasteiger partial charge in [-0.3, -0.25) is 0 Å². The number of halogens is 1. The molecule has 4 heteroatoms. The Hall–Kier alpha value is -1.22. The lowest BCUT2D eigenvalue weighted by molar-refractivity contribution is 0.320. The summed E-state index contributed by atoms with van der Waals surface area (Å²) in [5, 5.41) is 0. The van der Waals surface area contributed by atoms with E-state index in [1.54, 1.807) is 0 Å². The molecule has 1 unspecified atom stereocenters. The van der Waals surface area contributed by atoms with Crippen molar-refractivity contribution in [1.29, 1.82) is 0 Å². The van der Waals surface area contributed by atoms with Crippen molar-refractivity contribution in [2.24, 2.45) is 0 Å². The number of unbranched alkanes of at least 4 members (excludes halogenated alkanes) is 1. The zero-order valence-corrected chi connectivity index (χ0v) is 14.0. The Bertz CT molecular complexity index is 579. The molecule has 1 aromatic carbocycles. The molecular formula is C17H25ClN2O. The van der Waals surface area contributed by atoms with Gasteiger partial charge in [0.1, 0.15) is 17.1 Å². The van der Waals surface area contributed by atoms with E-state index in [0.29, 0.717) is 18.5 Å². The number of benzene rings is 1. The Morgan fingerprint density at radius 3 is 2.76 bits per heavy atom. The molecular weight excluding hydrogens is 284 g/mol. The summed E-state index contributed by atoms with van der Waals surface area (Å²) in [6.07, 6.45) is 4.56. The molecule has 2 aromatic rings. The van der Waals surface area contributed by atoms with Gasteiger partial charge in [-0.05, 0) is 31.9 Å². The monoisotopic (exact) mass is 308 g/mol. The average Bonchev–Trinajstić information content (AvgIpc) is 2.89. The quantitative estimate of drug-likeness (QED) is 0.617. The maximum absolute atomic E-state index is 6.11. The number of hydrogen-bond donors (Lipinski definition) is 0. The van der Waals surface area contributed by atoms with Gasteiger partial charge in [-0.2, -0.15) is 0 Å². The van der Waals surface area contributed by atoms with Crippen LogP contribution < -0.4 is 4.74 Å². The van der Waals surface area contributed by atoms with Crippen LogP contribution in [0.3, 0.4) is 0 Å². The van der Waals surface area contributed by atoms with Gasteiger partial charge in [0.15, 0.2) is 0 Å². The number of fused-ring (bicyclic) bond motifs is 1. The fourth-order valence-corrected chi connectivity index (χ4v) is 2.87. The van der Waals surface area contributed by atoms with Crippen LogP contribution in [0.4, 0.5) is 0 Å². The van der Waals surface area contributed by atoms with E-state index >= 15 is 0 Å². The van der Waals surface area contributed by atoms with Crippen LogP contribution in [0.15, 0.2) is 18.2 Å². The Balaban J connectivity index is 2.43. The highest BCUT2D eigenvalue weighted by molar-refractivity contribution is 6.16. The zero-order valence-electron chi connectivity index (χ0n) is 13.2. The minimum atomic E-state index is 0.408. The number of ether oxygens (including phenoxy) is 1. The fraction of sp³-hybridized carbons (Fsp3) is 0.588. The van der Waals surface area contributed by atoms with Gasteiger partial charge in [0.2, 0.25) is 0 Å². The van der Waals surface area contributed by atoms with E-state index in [9.17, 15) is 0 Å². The highest BCUT2D eigenvalue weighted by Crippen LogP contribution is 2.30. The number of alkyl halides is 1. The van der Waals surface area contributed by atoms with Crippen molar-refractivity contribution in [3.05, 3.63) is 24.0 Å². The largest absolute Gasteiger partial charge is 0.491 e. The predicted octanol–water partition coefficient (Wildman–Crippen LogP) is 5.32. The first kappa shape index (κ1) is 16.2. The molecule has 0 saturated heterocycles. The second kappa shape index (κ2) is 7.69. The van der Waals surface area contributed by atoms with E-state index in [2.05, 4.69) is 31.4 Å². The summed E-state index contributed by atoms with van der Waals surface area (Å²) < 4.78 is 8.10. The lowest BCUT2D eigenvalue weighted by Crippen LogP contribution is -2.08. The number of rotatable bonds is 8. The zero-order chi connectivity index (χ0) is 15.2. The summed E-state index contributed by atoms with van der Waals surface area (Å²) in [5.74, 6) is 2.23. The van der Waals surface area contributed by atoms with Crippen molar-refractivity contribution < 1.29 is 4.74 Å². The van der Waals surface area contributed by atoms with Crippen molar-refractivity contribution in [2.75, 3.05) is 6.61 Å². The molecule has 1 aromatic heterocycles. The van der Waals surface area contributed by atoms with Gasteiger partial charge < -0.3 is 9.30 Å². The summed E-state index contributed by atoms with van der Waals surface area (Å²) >= 11 is 6.11. The van der Waals surface area contributed by atoms with Crippen LogP contribution >= 0.6 is 11.6 Å². The molecule has 0 N–H and O–H groups in total. The van der Waals surface area contributed by atoms with Crippen molar-refractivity contribution in [1.82, 2.24) is 9.55 Å². The number of imidazole rings is 1. The summed E-state index contributed by atoms with van der Waals surface area (Å²) in [6, 6.07) is 6.55. The van der Waals surface area contributed by atoms with Gasteiger partial charge >= 0.3 is 0 Å². The van der Waals surface area contributed by atoms with Gasteiger partial charge in [-0.1, -0.05) is 32.8 Å². The molecule has 0 aliphatic rings. The summed E-state index contributed by atoms with van der Waals surface area (Å²) in [7, 11) is 0. The van der Waals surface area contributed by atoms with Crippen LogP contribution in [0, 0.1) is 0 Å². The number of hydrogen-bond acceptors (Lipinski definition) is 2. The molecule has 3 nitrogen and oxygen atoms in total. The molecule has 0 fully saturated rings. The van der Waals surface area contributed by atoms with Crippen LogP contribution in [0.5, 0.6) is 5.75 Å². The first-order chi connectivity index (χ1) is 10.2. The summed E-state index contributed by atoms with van der Waals surface area (Å²) in [4.78, 5) is 4.72. The minimum Gasteiger partial charge on any atom is -0.491 e. The van der Waals surface area contributed by atoms with Gasteiger partial charge in [0, 0.05) is 6.04 Å². The lowest BCUT2D eigenvalue weighted by atomic mass is 10.1. The maximum Gasteiger partial charge on any atom is 0.147 e. The van der Waals surface area contributed by atoms with Crippen LogP contribution in [0.25, 0.3) is 11.0 Å². The SMILES string of the molecule is CCCCC(C)n1c(CCl)nc2c(OCCC)cccc21. The van der Waals surface area contributed by atoms with Crippen LogP contribution in [-0.4, -0.2) is 16.2 Å². The van der Waals surface area contributed by atoms with Crippen molar-refractivity contribution >= 4 is 22.6 Å².